The molecule has 0 aliphatic carbocycles. The summed E-state index contributed by atoms with van der Waals surface area (Å²) in [6.45, 7) is 1.31. The second kappa shape index (κ2) is 4.85. The Morgan fingerprint density at radius 3 is 2.58 bits per heavy atom. The quantitative estimate of drug-likeness (QED) is 0.480. The largest absolute Gasteiger partial charge is 0.391 e. The summed E-state index contributed by atoms with van der Waals surface area (Å²) >= 11 is 0. The lowest BCUT2D eigenvalue weighted by Crippen LogP contribution is -2.43. The molecule has 5 atom stereocenters. The summed E-state index contributed by atoms with van der Waals surface area (Å²) in [6, 6.07) is 0. The van der Waals surface area contributed by atoms with Crippen molar-refractivity contribution in [2.75, 3.05) is 0 Å². The van der Waals surface area contributed by atoms with Crippen LogP contribution in [-0.4, -0.2) is 49.3 Å². The highest BCUT2D eigenvalue weighted by Crippen LogP contribution is 2.29. The van der Waals surface area contributed by atoms with Gasteiger partial charge in [0.2, 0.25) is 5.82 Å². The molecular formula is C10H13FN2O6. The van der Waals surface area contributed by atoms with Crippen LogP contribution in [0, 0.1) is 5.82 Å². The Kier molecular flexibility index (Phi) is 3.54. The molecule has 1 aromatic heterocycles. The van der Waals surface area contributed by atoms with Crippen molar-refractivity contribution >= 4 is 0 Å². The van der Waals surface area contributed by atoms with Gasteiger partial charge in [-0.05, 0) is 6.92 Å². The van der Waals surface area contributed by atoms with Gasteiger partial charge in [-0.25, -0.2) is 9.36 Å². The molecule has 0 bridgehead atoms. The van der Waals surface area contributed by atoms with Gasteiger partial charge in [-0.15, -0.1) is 0 Å². The molecule has 1 aliphatic rings. The molecule has 0 amide bonds. The number of aliphatic hydroxyl groups excluding tert-OH is 3. The molecule has 1 saturated heterocycles. The van der Waals surface area contributed by atoms with Crippen LogP contribution in [0.1, 0.15) is 13.2 Å². The van der Waals surface area contributed by atoms with Gasteiger partial charge >= 0.3 is 5.69 Å². The van der Waals surface area contributed by atoms with Crippen molar-refractivity contribution in [1.82, 2.24) is 9.55 Å². The lowest BCUT2D eigenvalue weighted by Gasteiger charge is -2.17. The van der Waals surface area contributed by atoms with Crippen LogP contribution < -0.4 is 11.2 Å². The smallest absolute Gasteiger partial charge is 0.330 e. The van der Waals surface area contributed by atoms with Gasteiger partial charge in [0.15, 0.2) is 6.23 Å². The van der Waals surface area contributed by atoms with Crippen molar-refractivity contribution in [3.05, 3.63) is 32.9 Å². The first-order valence-corrected chi connectivity index (χ1v) is 5.54. The molecule has 2 heterocycles. The van der Waals surface area contributed by atoms with Crippen LogP contribution in [0.5, 0.6) is 0 Å². The van der Waals surface area contributed by atoms with Crippen molar-refractivity contribution in [2.45, 2.75) is 37.6 Å². The second-order valence-electron chi connectivity index (χ2n) is 4.33. The average molecular weight is 276 g/mol. The van der Waals surface area contributed by atoms with E-state index in [1.165, 1.54) is 6.92 Å². The molecule has 0 saturated carbocycles. The zero-order chi connectivity index (χ0) is 14.3. The maximum absolute atomic E-state index is 13.1. The number of aliphatic hydroxyl groups is 3. The normalized spacial score (nSPS) is 32.5. The van der Waals surface area contributed by atoms with E-state index in [1.807, 2.05) is 4.98 Å². The van der Waals surface area contributed by atoms with E-state index in [4.69, 9.17) is 4.74 Å². The first kappa shape index (κ1) is 13.9. The fourth-order valence-electron chi connectivity index (χ4n) is 1.99. The third kappa shape index (κ3) is 2.21. The van der Waals surface area contributed by atoms with Crippen LogP contribution in [0.25, 0.3) is 0 Å². The average Bonchev–Trinajstić information content (AvgIpc) is 2.63. The minimum Gasteiger partial charge on any atom is -0.391 e. The van der Waals surface area contributed by atoms with Crippen LogP contribution in [0.4, 0.5) is 4.39 Å². The van der Waals surface area contributed by atoms with Gasteiger partial charge in [0.05, 0.1) is 6.10 Å². The molecule has 1 fully saturated rings. The predicted molar refractivity (Wildman–Crippen MR) is 58.9 cm³/mol. The number of halogens is 1. The molecule has 8 nitrogen and oxygen atoms in total. The van der Waals surface area contributed by atoms with Crippen molar-refractivity contribution in [1.29, 1.82) is 0 Å². The van der Waals surface area contributed by atoms with Crippen LogP contribution in [0.3, 0.4) is 0 Å². The number of aromatic amines is 1. The van der Waals surface area contributed by atoms with Gasteiger partial charge < -0.3 is 25.0 Å². The number of rotatable bonds is 2. The molecule has 0 spiro atoms. The highest BCUT2D eigenvalue weighted by Gasteiger charge is 2.46. The standard InChI is InChI=1S/C10H13FN2O6/c1-3(14)7-5(15)6(16)9(19-7)13-8(17)4(11)2-12-10(13)18/h2-3,5-7,9,14-16H,1H3,(H,12,18)/t3-,5-,6-,7+,9+/m0/s1. The number of nitrogens with one attached hydrogen (secondary N) is 1. The monoisotopic (exact) mass is 276 g/mol. The molecule has 0 radical (unpaired) electrons. The Balaban J connectivity index is 2.47. The SMILES string of the molecule is C[C@H](O)[C@H]1O[C@@H](n2c(=O)[nH]cc(F)c2=O)[C@@H](O)[C@@H]1O. The lowest BCUT2D eigenvalue weighted by atomic mass is 10.1. The summed E-state index contributed by atoms with van der Waals surface area (Å²) in [5, 5.41) is 28.8. The third-order valence-corrected chi connectivity index (χ3v) is 2.97. The molecule has 19 heavy (non-hydrogen) atoms. The minimum atomic E-state index is -1.64. The third-order valence-electron chi connectivity index (χ3n) is 2.97. The van der Waals surface area contributed by atoms with E-state index in [1.54, 1.807) is 0 Å². The van der Waals surface area contributed by atoms with E-state index in [-0.39, 0.29) is 0 Å². The van der Waals surface area contributed by atoms with Crippen molar-refractivity contribution in [3.8, 4) is 0 Å². The first-order valence-electron chi connectivity index (χ1n) is 5.54. The number of hydrogen-bond donors (Lipinski definition) is 4. The number of hydrogen-bond acceptors (Lipinski definition) is 6. The van der Waals surface area contributed by atoms with Gasteiger partial charge in [0.1, 0.15) is 18.3 Å². The zero-order valence-electron chi connectivity index (χ0n) is 9.86. The van der Waals surface area contributed by atoms with E-state index in [9.17, 15) is 29.3 Å². The van der Waals surface area contributed by atoms with Crippen LogP contribution in [0.15, 0.2) is 15.8 Å². The van der Waals surface area contributed by atoms with Gasteiger partial charge in [-0.2, -0.15) is 4.39 Å². The molecule has 106 valence electrons. The molecular weight excluding hydrogens is 263 g/mol. The van der Waals surface area contributed by atoms with Crippen LogP contribution in [0.2, 0.25) is 0 Å². The predicted octanol–water partition coefficient (Wildman–Crippen LogP) is -2.32. The van der Waals surface area contributed by atoms with Crippen molar-refractivity contribution in [2.24, 2.45) is 0 Å². The highest BCUT2D eigenvalue weighted by molar-refractivity contribution is 4.96. The summed E-state index contributed by atoms with van der Waals surface area (Å²) in [4.78, 5) is 25.0. The van der Waals surface area contributed by atoms with Crippen molar-refractivity contribution < 1.29 is 24.4 Å². The first-order chi connectivity index (χ1) is 8.84. The maximum atomic E-state index is 13.1. The van der Waals surface area contributed by atoms with Crippen LogP contribution >= 0.6 is 0 Å². The number of aromatic nitrogens is 2. The van der Waals surface area contributed by atoms with Gasteiger partial charge in [0.25, 0.3) is 5.56 Å². The summed E-state index contributed by atoms with van der Waals surface area (Å²) in [6.07, 6.45) is -6.45. The lowest BCUT2D eigenvalue weighted by molar-refractivity contribution is -0.0817. The Labute approximate surface area is 105 Å². The van der Waals surface area contributed by atoms with Gasteiger partial charge in [-0.1, -0.05) is 0 Å². The Morgan fingerprint density at radius 1 is 1.42 bits per heavy atom. The fraction of sp³-hybridized carbons (Fsp3) is 0.600. The van der Waals surface area contributed by atoms with Gasteiger partial charge in [-0.3, -0.25) is 4.79 Å². The Bertz CT molecular complexity index is 582. The highest BCUT2D eigenvalue weighted by atomic mass is 19.1. The molecule has 0 unspecified atom stereocenters. The van der Waals surface area contributed by atoms with E-state index < -0.39 is 47.7 Å². The summed E-state index contributed by atoms with van der Waals surface area (Å²) < 4.78 is 18.5. The summed E-state index contributed by atoms with van der Waals surface area (Å²) in [5.41, 5.74) is -2.28. The van der Waals surface area contributed by atoms with Crippen molar-refractivity contribution in [3.63, 3.8) is 0 Å². The number of ether oxygens (including phenoxy) is 1. The molecule has 4 N–H and O–H groups in total. The molecule has 2 rings (SSSR count). The van der Waals surface area contributed by atoms with E-state index >= 15 is 0 Å². The fourth-order valence-corrected chi connectivity index (χ4v) is 1.99. The maximum Gasteiger partial charge on any atom is 0.330 e. The van der Waals surface area contributed by atoms with Gasteiger partial charge in [0, 0.05) is 6.20 Å². The number of nitrogens with zero attached hydrogens (tertiary/aromatic N) is 1. The Morgan fingerprint density at radius 2 is 2.05 bits per heavy atom. The second-order valence-corrected chi connectivity index (χ2v) is 4.33. The van der Waals surface area contributed by atoms with E-state index in [2.05, 4.69) is 0 Å². The molecule has 1 aromatic rings. The molecule has 0 aromatic carbocycles. The molecule has 1 aliphatic heterocycles. The zero-order valence-corrected chi connectivity index (χ0v) is 9.86. The summed E-state index contributed by atoms with van der Waals surface area (Å²) in [5.74, 6) is -1.23. The van der Waals surface area contributed by atoms with E-state index in [0.29, 0.717) is 10.8 Å². The topological polar surface area (TPSA) is 125 Å². The number of H-pyrrole nitrogens is 1. The van der Waals surface area contributed by atoms with Crippen LogP contribution in [-0.2, 0) is 4.74 Å². The Hall–Kier alpha value is -1.55. The summed E-state index contributed by atoms with van der Waals surface area (Å²) in [7, 11) is 0. The minimum absolute atomic E-state index is 0.325. The van der Waals surface area contributed by atoms with E-state index in [0.717, 1.165) is 0 Å². The molecule has 9 heteroatoms.